The number of carbonyl (C=O) groups is 1. The van der Waals surface area contributed by atoms with Gasteiger partial charge in [-0.2, -0.15) is 0 Å². The van der Waals surface area contributed by atoms with E-state index in [1.54, 1.807) is 0 Å². The second-order valence-corrected chi connectivity index (χ2v) is 4.45. The molecule has 0 aromatic heterocycles. The van der Waals surface area contributed by atoms with Gasteiger partial charge in [-0.15, -0.1) is 0 Å². The number of ether oxygens (including phenoxy) is 2. The summed E-state index contributed by atoms with van der Waals surface area (Å²) in [7, 11) is 0. The number of rotatable bonds is 1. The molecule has 14 heavy (non-hydrogen) atoms. The van der Waals surface area contributed by atoms with E-state index in [1.165, 1.54) is 0 Å². The quantitative estimate of drug-likeness (QED) is 0.638. The fourth-order valence-corrected chi connectivity index (χ4v) is 1.18. The van der Waals surface area contributed by atoms with Gasteiger partial charge in [0.2, 0.25) is 0 Å². The zero-order chi connectivity index (χ0) is 10.8. The van der Waals surface area contributed by atoms with Gasteiger partial charge in [0.25, 0.3) is 0 Å². The van der Waals surface area contributed by atoms with E-state index >= 15 is 0 Å². The minimum absolute atomic E-state index is 0.134. The maximum absolute atomic E-state index is 11.3. The smallest absolute Gasteiger partial charge is 0.408 e. The first-order valence-corrected chi connectivity index (χ1v) is 4.71. The monoisotopic (exact) mass is 202 g/mol. The minimum Gasteiger partial charge on any atom is -0.444 e. The van der Waals surface area contributed by atoms with Gasteiger partial charge in [-0.05, 0) is 20.8 Å². The average Bonchev–Trinajstić information content (AvgIpc) is 2.32. The van der Waals surface area contributed by atoms with Crippen molar-refractivity contribution < 1.29 is 14.3 Å². The third kappa shape index (κ3) is 3.51. The molecule has 0 unspecified atom stereocenters. The van der Waals surface area contributed by atoms with E-state index in [1.807, 2.05) is 20.8 Å². The maximum atomic E-state index is 11.3. The Balaban J connectivity index is 2.33. The molecule has 0 bridgehead atoms. The Morgan fingerprint density at radius 3 is 2.57 bits per heavy atom. The minimum atomic E-state index is -0.479. The highest BCUT2D eigenvalue weighted by atomic mass is 16.6. The molecule has 1 saturated heterocycles. The summed E-state index contributed by atoms with van der Waals surface area (Å²) in [5, 5.41) is 2.67. The van der Waals surface area contributed by atoms with Crippen molar-refractivity contribution >= 4 is 6.09 Å². The lowest BCUT2D eigenvalue weighted by Gasteiger charge is -2.22. The van der Waals surface area contributed by atoms with Crippen LogP contribution in [0.4, 0.5) is 4.79 Å². The van der Waals surface area contributed by atoms with Crippen LogP contribution in [0.25, 0.3) is 0 Å². The second kappa shape index (κ2) is 4.14. The van der Waals surface area contributed by atoms with Crippen molar-refractivity contribution in [2.45, 2.75) is 38.5 Å². The number of nitrogens with two attached hydrogens (primary N) is 1. The lowest BCUT2D eigenvalue weighted by molar-refractivity contribution is 0.0496. The largest absolute Gasteiger partial charge is 0.444 e. The van der Waals surface area contributed by atoms with Crippen LogP contribution in [0.2, 0.25) is 0 Å². The van der Waals surface area contributed by atoms with E-state index in [-0.39, 0.29) is 12.1 Å². The van der Waals surface area contributed by atoms with Gasteiger partial charge in [0.1, 0.15) is 5.60 Å². The highest BCUT2D eigenvalue weighted by Gasteiger charge is 2.28. The number of hydrogen-bond acceptors (Lipinski definition) is 4. The van der Waals surface area contributed by atoms with Crippen LogP contribution in [0, 0.1) is 0 Å². The molecular formula is C9H18N2O3. The SMILES string of the molecule is CC(C)(C)OC(=O)N[C@H]1COC[C@@H]1N. The number of carbonyl (C=O) groups excluding carboxylic acids is 1. The molecule has 0 spiro atoms. The molecule has 82 valence electrons. The van der Waals surface area contributed by atoms with E-state index in [0.717, 1.165) is 0 Å². The molecular weight excluding hydrogens is 184 g/mol. The molecule has 0 aliphatic carbocycles. The summed E-state index contributed by atoms with van der Waals surface area (Å²) < 4.78 is 10.2. The van der Waals surface area contributed by atoms with Crippen LogP contribution >= 0.6 is 0 Å². The highest BCUT2D eigenvalue weighted by molar-refractivity contribution is 5.68. The van der Waals surface area contributed by atoms with Crippen LogP contribution in [-0.2, 0) is 9.47 Å². The number of alkyl carbamates (subject to hydrolysis) is 1. The van der Waals surface area contributed by atoms with Crippen LogP contribution in [0.3, 0.4) is 0 Å². The van der Waals surface area contributed by atoms with Crippen molar-refractivity contribution in [3.8, 4) is 0 Å². The van der Waals surface area contributed by atoms with Crippen LogP contribution in [0.15, 0.2) is 0 Å². The first-order chi connectivity index (χ1) is 6.38. The Bertz CT molecular complexity index is 213. The molecule has 0 aromatic carbocycles. The van der Waals surface area contributed by atoms with Gasteiger partial charge in [-0.25, -0.2) is 4.79 Å². The number of amides is 1. The molecule has 0 radical (unpaired) electrons. The molecule has 1 aliphatic heterocycles. The van der Waals surface area contributed by atoms with E-state index in [0.29, 0.717) is 13.2 Å². The van der Waals surface area contributed by atoms with E-state index in [4.69, 9.17) is 15.2 Å². The van der Waals surface area contributed by atoms with Crippen molar-refractivity contribution in [2.75, 3.05) is 13.2 Å². The van der Waals surface area contributed by atoms with Gasteiger partial charge in [0.05, 0.1) is 25.3 Å². The molecule has 1 aliphatic rings. The van der Waals surface area contributed by atoms with E-state index in [2.05, 4.69) is 5.32 Å². The van der Waals surface area contributed by atoms with Gasteiger partial charge < -0.3 is 20.5 Å². The Labute approximate surface area is 83.9 Å². The van der Waals surface area contributed by atoms with Crippen molar-refractivity contribution in [3.05, 3.63) is 0 Å². The molecule has 1 amide bonds. The molecule has 1 heterocycles. The third-order valence-corrected chi connectivity index (χ3v) is 1.83. The lowest BCUT2D eigenvalue weighted by Crippen LogP contribution is -2.48. The summed E-state index contributed by atoms with van der Waals surface area (Å²) in [6.07, 6.45) is -0.441. The molecule has 5 heteroatoms. The topological polar surface area (TPSA) is 73.6 Å². The Kier molecular flexibility index (Phi) is 3.34. The van der Waals surface area contributed by atoms with Crippen molar-refractivity contribution in [1.82, 2.24) is 5.32 Å². The molecule has 3 N–H and O–H groups in total. The van der Waals surface area contributed by atoms with Crippen LogP contribution < -0.4 is 11.1 Å². The Morgan fingerprint density at radius 2 is 2.14 bits per heavy atom. The van der Waals surface area contributed by atoms with Crippen molar-refractivity contribution in [1.29, 1.82) is 0 Å². The number of nitrogens with one attached hydrogen (secondary N) is 1. The van der Waals surface area contributed by atoms with Crippen molar-refractivity contribution in [3.63, 3.8) is 0 Å². The first-order valence-electron chi connectivity index (χ1n) is 4.71. The molecule has 1 rings (SSSR count). The summed E-state index contributed by atoms with van der Waals surface area (Å²) in [6.45, 7) is 6.40. The Hall–Kier alpha value is -0.810. The highest BCUT2D eigenvalue weighted by Crippen LogP contribution is 2.08. The van der Waals surface area contributed by atoms with Crippen LogP contribution in [0.1, 0.15) is 20.8 Å². The number of hydrogen-bond donors (Lipinski definition) is 2. The maximum Gasteiger partial charge on any atom is 0.408 e. The molecule has 5 nitrogen and oxygen atoms in total. The predicted octanol–water partition coefficient (Wildman–Crippen LogP) is 0.237. The van der Waals surface area contributed by atoms with E-state index < -0.39 is 11.7 Å². The fourth-order valence-electron chi connectivity index (χ4n) is 1.18. The Morgan fingerprint density at radius 1 is 1.50 bits per heavy atom. The van der Waals surface area contributed by atoms with Crippen LogP contribution in [0.5, 0.6) is 0 Å². The predicted molar refractivity (Wildman–Crippen MR) is 52.0 cm³/mol. The molecule has 0 aromatic rings. The van der Waals surface area contributed by atoms with Gasteiger partial charge >= 0.3 is 6.09 Å². The van der Waals surface area contributed by atoms with Gasteiger partial charge in [-0.1, -0.05) is 0 Å². The zero-order valence-corrected chi connectivity index (χ0v) is 8.87. The molecule has 0 saturated carbocycles. The molecule has 1 fully saturated rings. The standard InChI is InChI=1S/C9H18N2O3/c1-9(2,3)14-8(12)11-7-5-13-4-6(7)10/h6-7H,4-5,10H2,1-3H3,(H,11,12)/t6-,7-/m0/s1. The summed E-state index contributed by atoms with van der Waals surface area (Å²) in [5.41, 5.74) is 5.22. The van der Waals surface area contributed by atoms with Gasteiger partial charge in [-0.3, -0.25) is 0 Å². The van der Waals surface area contributed by atoms with Crippen molar-refractivity contribution in [2.24, 2.45) is 5.73 Å². The zero-order valence-electron chi connectivity index (χ0n) is 8.87. The second-order valence-electron chi connectivity index (χ2n) is 4.45. The third-order valence-electron chi connectivity index (χ3n) is 1.83. The summed E-state index contributed by atoms with van der Waals surface area (Å²) in [5.74, 6) is 0. The van der Waals surface area contributed by atoms with Gasteiger partial charge in [0.15, 0.2) is 0 Å². The van der Waals surface area contributed by atoms with E-state index in [9.17, 15) is 4.79 Å². The molecule has 2 atom stereocenters. The fraction of sp³-hybridized carbons (Fsp3) is 0.889. The lowest BCUT2D eigenvalue weighted by atomic mass is 10.2. The summed E-state index contributed by atoms with van der Waals surface area (Å²) in [6, 6.07) is -0.271. The summed E-state index contributed by atoms with van der Waals surface area (Å²) in [4.78, 5) is 11.3. The normalized spacial score (nSPS) is 27.4. The first kappa shape index (κ1) is 11.3. The van der Waals surface area contributed by atoms with Gasteiger partial charge in [0, 0.05) is 0 Å². The summed E-state index contributed by atoms with van der Waals surface area (Å²) >= 11 is 0. The average molecular weight is 202 g/mol. The van der Waals surface area contributed by atoms with Crippen LogP contribution in [-0.4, -0.2) is 37.0 Å².